The van der Waals surface area contributed by atoms with E-state index in [9.17, 15) is 4.79 Å². The summed E-state index contributed by atoms with van der Waals surface area (Å²) in [7, 11) is 3.23. The highest BCUT2D eigenvalue weighted by Gasteiger charge is 2.18. The molecular formula is C27H28N2O3S. The van der Waals surface area contributed by atoms with E-state index >= 15 is 0 Å². The Kier molecular flexibility index (Phi) is 7.35. The zero-order valence-electron chi connectivity index (χ0n) is 19.2. The Hall–Kier alpha value is -3.25. The molecule has 0 atom stereocenters. The van der Waals surface area contributed by atoms with Gasteiger partial charge in [-0.25, -0.2) is 0 Å². The van der Waals surface area contributed by atoms with Crippen LogP contribution in [0.1, 0.15) is 41.3 Å². The van der Waals surface area contributed by atoms with Crippen LogP contribution in [0.4, 0.5) is 5.69 Å². The third kappa shape index (κ3) is 5.22. The molecule has 3 aromatic rings. The van der Waals surface area contributed by atoms with E-state index in [1.54, 1.807) is 26.0 Å². The van der Waals surface area contributed by atoms with Crippen LogP contribution in [0.15, 0.2) is 75.4 Å². The van der Waals surface area contributed by atoms with Crippen molar-refractivity contribution in [3.63, 3.8) is 0 Å². The van der Waals surface area contributed by atoms with Crippen LogP contribution in [0.5, 0.6) is 11.5 Å². The highest BCUT2D eigenvalue weighted by Crippen LogP contribution is 2.41. The van der Waals surface area contributed by atoms with E-state index in [1.807, 2.05) is 36.4 Å². The van der Waals surface area contributed by atoms with Crippen LogP contribution in [0.25, 0.3) is 0 Å². The normalized spacial score (nSPS) is 12.2. The molecule has 4 rings (SSSR count). The van der Waals surface area contributed by atoms with Gasteiger partial charge in [0.1, 0.15) is 0 Å². The van der Waals surface area contributed by atoms with Gasteiger partial charge >= 0.3 is 0 Å². The molecule has 6 heteroatoms. The average molecular weight is 461 g/mol. The van der Waals surface area contributed by atoms with Gasteiger partial charge in [-0.15, -0.1) is 0 Å². The van der Waals surface area contributed by atoms with Gasteiger partial charge in [-0.05, 0) is 54.8 Å². The number of hydrogen-bond acceptors (Lipinski definition) is 5. The van der Waals surface area contributed by atoms with E-state index < -0.39 is 0 Å². The molecule has 0 bridgehead atoms. The first kappa shape index (κ1) is 22.9. The fourth-order valence-electron chi connectivity index (χ4n) is 3.84. The van der Waals surface area contributed by atoms with Gasteiger partial charge in [0.2, 0.25) is 0 Å². The number of aliphatic imine (C=N–C) groups is 1. The maximum absolute atomic E-state index is 12.8. The minimum absolute atomic E-state index is 0.0997. The SMILES string of the molecule is CCCC1=Nc2cc(C(=O)NCCc3ccc(OC)c(OC)c3)ccc2Sc2ccccc21. The second-order valence-electron chi connectivity index (χ2n) is 7.78. The van der Waals surface area contributed by atoms with Crippen molar-refractivity contribution in [1.82, 2.24) is 5.32 Å². The fraction of sp³-hybridized carbons (Fsp3) is 0.259. The molecule has 170 valence electrons. The molecule has 0 saturated heterocycles. The molecule has 1 aliphatic rings. The lowest BCUT2D eigenvalue weighted by Gasteiger charge is -2.11. The summed E-state index contributed by atoms with van der Waals surface area (Å²) in [5, 5.41) is 3.02. The smallest absolute Gasteiger partial charge is 0.251 e. The number of benzene rings is 3. The topological polar surface area (TPSA) is 59.9 Å². The Morgan fingerprint density at radius 3 is 2.55 bits per heavy atom. The number of carbonyl (C=O) groups excluding carboxylic acids is 1. The zero-order valence-corrected chi connectivity index (χ0v) is 20.0. The second-order valence-corrected chi connectivity index (χ2v) is 8.87. The third-order valence-corrected chi connectivity index (χ3v) is 6.67. The van der Waals surface area contributed by atoms with Gasteiger partial charge in [-0.3, -0.25) is 9.79 Å². The van der Waals surface area contributed by atoms with E-state index in [0.29, 0.717) is 30.0 Å². The maximum atomic E-state index is 12.8. The maximum Gasteiger partial charge on any atom is 0.251 e. The Bertz CT molecular complexity index is 1190. The molecule has 0 aromatic heterocycles. The molecule has 1 N–H and O–H groups in total. The Labute approximate surface area is 199 Å². The molecule has 3 aromatic carbocycles. The molecule has 33 heavy (non-hydrogen) atoms. The largest absolute Gasteiger partial charge is 0.493 e. The van der Waals surface area contributed by atoms with Gasteiger partial charge in [-0.2, -0.15) is 0 Å². The summed E-state index contributed by atoms with van der Waals surface area (Å²) in [5.41, 5.74) is 4.80. The molecule has 0 spiro atoms. The number of amides is 1. The van der Waals surface area contributed by atoms with Crippen molar-refractivity contribution in [3.05, 3.63) is 77.4 Å². The molecule has 5 nitrogen and oxygen atoms in total. The van der Waals surface area contributed by atoms with Crippen LogP contribution >= 0.6 is 11.8 Å². The minimum atomic E-state index is -0.0997. The van der Waals surface area contributed by atoms with Crippen molar-refractivity contribution in [1.29, 1.82) is 0 Å². The minimum Gasteiger partial charge on any atom is -0.493 e. The predicted octanol–water partition coefficient (Wildman–Crippen LogP) is 6.06. The standard InChI is InChI=1S/C27H28N2O3S/c1-4-7-21-20-8-5-6-9-25(20)33-26-13-11-19(17-22(26)29-21)27(30)28-15-14-18-10-12-23(31-2)24(16-18)32-3/h5-6,8-13,16-17H,4,7,14-15H2,1-3H3,(H,28,30). The number of nitrogens with one attached hydrogen (secondary N) is 1. The van der Waals surface area contributed by atoms with Crippen molar-refractivity contribution >= 4 is 29.1 Å². The summed E-state index contributed by atoms with van der Waals surface area (Å²) in [5.74, 6) is 1.28. The first-order valence-electron chi connectivity index (χ1n) is 11.1. The van der Waals surface area contributed by atoms with E-state index in [2.05, 4.69) is 36.5 Å². The first-order valence-corrected chi connectivity index (χ1v) is 11.9. The summed E-state index contributed by atoms with van der Waals surface area (Å²) in [6, 6.07) is 19.9. The van der Waals surface area contributed by atoms with Crippen molar-refractivity contribution < 1.29 is 14.3 Å². The number of methoxy groups -OCH3 is 2. The molecular weight excluding hydrogens is 432 g/mol. The first-order chi connectivity index (χ1) is 16.1. The third-order valence-electron chi connectivity index (χ3n) is 5.53. The monoisotopic (exact) mass is 460 g/mol. The highest BCUT2D eigenvalue weighted by atomic mass is 32.2. The summed E-state index contributed by atoms with van der Waals surface area (Å²) >= 11 is 1.71. The lowest BCUT2D eigenvalue weighted by atomic mass is 10.1. The van der Waals surface area contributed by atoms with Gasteiger partial charge < -0.3 is 14.8 Å². The van der Waals surface area contributed by atoms with E-state index in [-0.39, 0.29) is 5.91 Å². The lowest BCUT2D eigenvalue weighted by Crippen LogP contribution is -2.25. The number of nitrogens with zero attached hydrogens (tertiary/aromatic N) is 1. The molecule has 1 amide bonds. The highest BCUT2D eigenvalue weighted by molar-refractivity contribution is 7.99. The molecule has 0 radical (unpaired) electrons. The summed E-state index contributed by atoms with van der Waals surface area (Å²) in [6.45, 7) is 2.68. The van der Waals surface area contributed by atoms with Crippen molar-refractivity contribution in [2.24, 2.45) is 4.99 Å². The zero-order chi connectivity index (χ0) is 23.2. The van der Waals surface area contributed by atoms with Gasteiger partial charge in [0.25, 0.3) is 5.91 Å². The van der Waals surface area contributed by atoms with E-state index in [4.69, 9.17) is 14.5 Å². The quantitative estimate of drug-likeness (QED) is 0.444. The van der Waals surface area contributed by atoms with Gasteiger partial charge in [-0.1, -0.05) is 49.4 Å². The van der Waals surface area contributed by atoms with Gasteiger partial charge in [0.15, 0.2) is 11.5 Å². The molecule has 0 unspecified atom stereocenters. The van der Waals surface area contributed by atoms with Crippen molar-refractivity contribution in [2.45, 2.75) is 36.0 Å². The Morgan fingerprint density at radius 2 is 1.76 bits per heavy atom. The molecule has 1 aliphatic heterocycles. The second kappa shape index (κ2) is 10.6. The summed E-state index contributed by atoms with van der Waals surface area (Å²) < 4.78 is 10.6. The number of hydrogen-bond donors (Lipinski definition) is 1. The van der Waals surface area contributed by atoms with Gasteiger partial charge in [0, 0.05) is 33.2 Å². The molecule has 1 heterocycles. The van der Waals surface area contributed by atoms with Crippen LogP contribution in [0.3, 0.4) is 0 Å². The predicted molar refractivity (Wildman–Crippen MR) is 134 cm³/mol. The van der Waals surface area contributed by atoms with E-state index in [1.165, 1.54) is 10.5 Å². The van der Waals surface area contributed by atoms with Crippen LogP contribution in [-0.2, 0) is 6.42 Å². The molecule has 0 saturated carbocycles. The Balaban J connectivity index is 1.48. The Morgan fingerprint density at radius 1 is 0.939 bits per heavy atom. The van der Waals surface area contributed by atoms with Crippen LogP contribution in [0, 0.1) is 0 Å². The summed E-state index contributed by atoms with van der Waals surface area (Å²) in [6.07, 6.45) is 2.61. The van der Waals surface area contributed by atoms with Crippen LogP contribution < -0.4 is 14.8 Å². The van der Waals surface area contributed by atoms with Crippen LogP contribution in [-0.4, -0.2) is 32.4 Å². The van der Waals surface area contributed by atoms with E-state index in [0.717, 1.165) is 34.7 Å². The number of carbonyl (C=O) groups is 1. The molecule has 0 fully saturated rings. The number of rotatable bonds is 8. The fourth-order valence-corrected chi connectivity index (χ4v) is 4.86. The number of fused-ring (bicyclic) bond motifs is 2. The van der Waals surface area contributed by atoms with Crippen molar-refractivity contribution in [2.75, 3.05) is 20.8 Å². The number of ether oxygens (including phenoxy) is 2. The summed E-state index contributed by atoms with van der Waals surface area (Å²) in [4.78, 5) is 20.1. The lowest BCUT2D eigenvalue weighted by molar-refractivity contribution is 0.0954. The average Bonchev–Trinajstić information content (AvgIpc) is 3.00. The van der Waals surface area contributed by atoms with Gasteiger partial charge in [0.05, 0.1) is 19.9 Å². The van der Waals surface area contributed by atoms with Crippen molar-refractivity contribution in [3.8, 4) is 11.5 Å². The molecule has 0 aliphatic carbocycles. The van der Waals surface area contributed by atoms with Crippen LogP contribution in [0.2, 0.25) is 0 Å².